The predicted octanol–water partition coefficient (Wildman–Crippen LogP) is 0.495. The molecule has 134 valence electrons. The maximum atomic E-state index is 11.7. The normalized spacial score (nSPS) is 16.1. The fraction of sp³-hybridized carbons (Fsp3) is 0.625. The highest BCUT2D eigenvalue weighted by Crippen LogP contribution is 2.07. The third-order valence-electron chi connectivity index (χ3n) is 3.71. The molecule has 0 unspecified atom stereocenters. The minimum absolute atomic E-state index is 0.0248. The van der Waals surface area contributed by atoms with Crippen molar-refractivity contribution >= 4 is 23.2 Å². The number of thiophene rings is 1. The van der Waals surface area contributed by atoms with Gasteiger partial charge in [0.25, 0.3) is 5.91 Å². The number of ether oxygens (including phenoxy) is 1. The average Bonchev–Trinajstić information content (AvgIpc) is 3.14. The number of amides is 1. The third-order valence-corrected chi connectivity index (χ3v) is 4.58. The largest absolute Gasteiger partial charge is 0.379 e. The molecule has 7 nitrogen and oxygen atoms in total. The lowest BCUT2D eigenvalue weighted by atomic mass is 10.3. The first kappa shape index (κ1) is 18.7. The van der Waals surface area contributed by atoms with Crippen LogP contribution in [0.15, 0.2) is 22.5 Å². The lowest BCUT2D eigenvalue weighted by molar-refractivity contribution is 0.0376. The summed E-state index contributed by atoms with van der Waals surface area (Å²) in [6.07, 6.45) is 1.81. The van der Waals surface area contributed by atoms with E-state index in [1.54, 1.807) is 0 Å². The molecular formula is C16H27N5O2S. The van der Waals surface area contributed by atoms with Gasteiger partial charge < -0.3 is 21.1 Å². The predicted molar refractivity (Wildman–Crippen MR) is 97.6 cm³/mol. The van der Waals surface area contributed by atoms with E-state index in [4.69, 9.17) is 10.5 Å². The first-order chi connectivity index (χ1) is 11.8. The summed E-state index contributed by atoms with van der Waals surface area (Å²) in [6.45, 7) is 6.78. The highest BCUT2D eigenvalue weighted by Gasteiger charge is 2.09. The van der Waals surface area contributed by atoms with E-state index in [0.29, 0.717) is 19.0 Å². The molecule has 0 atom stereocenters. The molecule has 0 aromatic carbocycles. The maximum Gasteiger partial charge on any atom is 0.261 e. The number of morpholine rings is 1. The van der Waals surface area contributed by atoms with E-state index in [1.165, 1.54) is 11.3 Å². The van der Waals surface area contributed by atoms with Crippen molar-refractivity contribution in [2.75, 3.05) is 52.5 Å². The van der Waals surface area contributed by atoms with E-state index in [2.05, 4.69) is 20.5 Å². The Labute approximate surface area is 147 Å². The molecule has 0 radical (unpaired) electrons. The van der Waals surface area contributed by atoms with Gasteiger partial charge in [-0.05, 0) is 30.8 Å². The second-order valence-corrected chi connectivity index (χ2v) is 6.54. The molecule has 0 spiro atoms. The van der Waals surface area contributed by atoms with Crippen LogP contribution in [0.2, 0.25) is 0 Å². The molecule has 1 saturated heterocycles. The van der Waals surface area contributed by atoms with E-state index in [1.807, 2.05) is 17.5 Å². The summed E-state index contributed by atoms with van der Waals surface area (Å²) in [5, 5.41) is 7.89. The Morgan fingerprint density at radius 1 is 1.29 bits per heavy atom. The zero-order valence-corrected chi connectivity index (χ0v) is 14.8. The Morgan fingerprint density at radius 2 is 2.08 bits per heavy atom. The topological polar surface area (TPSA) is 92.0 Å². The Hall–Kier alpha value is -1.64. The second-order valence-electron chi connectivity index (χ2n) is 5.59. The molecule has 1 fully saturated rings. The van der Waals surface area contributed by atoms with Crippen LogP contribution in [0.25, 0.3) is 0 Å². The number of guanidine groups is 1. The summed E-state index contributed by atoms with van der Waals surface area (Å²) in [6, 6.07) is 3.69. The molecule has 1 aliphatic heterocycles. The van der Waals surface area contributed by atoms with Crippen molar-refractivity contribution in [3.8, 4) is 0 Å². The molecular weight excluding hydrogens is 326 g/mol. The smallest absolute Gasteiger partial charge is 0.261 e. The zero-order valence-electron chi connectivity index (χ0n) is 14.0. The summed E-state index contributed by atoms with van der Waals surface area (Å²) < 4.78 is 5.32. The molecule has 1 aromatic heterocycles. The molecule has 0 bridgehead atoms. The van der Waals surface area contributed by atoms with Crippen molar-refractivity contribution in [3.05, 3.63) is 22.4 Å². The van der Waals surface area contributed by atoms with Crippen LogP contribution in [0.1, 0.15) is 22.5 Å². The van der Waals surface area contributed by atoms with Crippen molar-refractivity contribution in [3.63, 3.8) is 0 Å². The molecule has 4 N–H and O–H groups in total. The summed E-state index contributed by atoms with van der Waals surface area (Å²) in [4.78, 5) is 19.1. The van der Waals surface area contributed by atoms with Gasteiger partial charge in [0.2, 0.25) is 0 Å². The van der Waals surface area contributed by atoms with Crippen molar-refractivity contribution in [2.45, 2.75) is 12.8 Å². The fourth-order valence-corrected chi connectivity index (χ4v) is 3.02. The zero-order chi connectivity index (χ0) is 17.0. The van der Waals surface area contributed by atoms with Gasteiger partial charge in [-0.1, -0.05) is 6.07 Å². The number of aliphatic imine (C=N–C) groups is 1. The SMILES string of the molecule is NC(=NCCCNC(=O)c1cccs1)NCCCN1CCOCC1. The second kappa shape index (κ2) is 11.0. The Bertz CT molecular complexity index is 501. The molecule has 1 aromatic rings. The van der Waals surface area contributed by atoms with Crippen LogP contribution in [0, 0.1) is 0 Å². The van der Waals surface area contributed by atoms with Gasteiger partial charge in [0.15, 0.2) is 5.96 Å². The quantitative estimate of drug-likeness (QED) is 0.341. The van der Waals surface area contributed by atoms with Gasteiger partial charge >= 0.3 is 0 Å². The van der Waals surface area contributed by atoms with Crippen molar-refractivity contribution < 1.29 is 9.53 Å². The van der Waals surface area contributed by atoms with Crippen LogP contribution in [-0.4, -0.2) is 69.2 Å². The molecule has 0 saturated carbocycles. The van der Waals surface area contributed by atoms with E-state index in [9.17, 15) is 4.79 Å². The van der Waals surface area contributed by atoms with Crippen LogP contribution < -0.4 is 16.4 Å². The standard InChI is InChI=1S/C16H27N5O2S/c17-16(20-7-3-8-21-9-11-23-12-10-21)19-6-2-5-18-15(22)14-4-1-13-24-14/h1,4,13H,2-3,5-12H2,(H,18,22)(H3,17,19,20). The molecule has 1 aliphatic rings. The third kappa shape index (κ3) is 7.29. The van der Waals surface area contributed by atoms with Crippen LogP contribution in [0.4, 0.5) is 0 Å². The highest BCUT2D eigenvalue weighted by molar-refractivity contribution is 7.12. The van der Waals surface area contributed by atoms with Gasteiger partial charge in [0, 0.05) is 32.7 Å². The number of nitrogens with one attached hydrogen (secondary N) is 2. The summed E-state index contributed by atoms with van der Waals surface area (Å²) in [7, 11) is 0. The minimum Gasteiger partial charge on any atom is -0.379 e. The summed E-state index contributed by atoms with van der Waals surface area (Å²) in [5.74, 6) is 0.449. The number of nitrogens with zero attached hydrogens (tertiary/aromatic N) is 2. The van der Waals surface area contributed by atoms with Gasteiger partial charge in [0.1, 0.15) is 0 Å². The first-order valence-electron chi connectivity index (χ1n) is 8.41. The number of hydrogen-bond acceptors (Lipinski definition) is 5. The van der Waals surface area contributed by atoms with E-state index < -0.39 is 0 Å². The highest BCUT2D eigenvalue weighted by atomic mass is 32.1. The van der Waals surface area contributed by atoms with Gasteiger partial charge in [0.05, 0.1) is 18.1 Å². The lowest BCUT2D eigenvalue weighted by Crippen LogP contribution is -2.39. The molecule has 0 aliphatic carbocycles. The number of carbonyl (C=O) groups excluding carboxylic acids is 1. The first-order valence-corrected chi connectivity index (χ1v) is 9.29. The number of hydrogen-bond donors (Lipinski definition) is 3. The Morgan fingerprint density at radius 3 is 2.83 bits per heavy atom. The molecule has 2 heterocycles. The molecule has 1 amide bonds. The maximum absolute atomic E-state index is 11.7. The monoisotopic (exact) mass is 353 g/mol. The molecule has 2 rings (SSSR count). The Kier molecular flexibility index (Phi) is 8.58. The van der Waals surface area contributed by atoms with Crippen molar-refractivity contribution in [2.24, 2.45) is 10.7 Å². The number of nitrogens with two attached hydrogens (primary N) is 1. The average molecular weight is 353 g/mol. The van der Waals surface area contributed by atoms with Gasteiger partial charge in [-0.25, -0.2) is 0 Å². The molecule has 24 heavy (non-hydrogen) atoms. The van der Waals surface area contributed by atoms with Gasteiger partial charge in [-0.15, -0.1) is 11.3 Å². The minimum atomic E-state index is -0.0248. The van der Waals surface area contributed by atoms with Crippen LogP contribution in [-0.2, 0) is 4.74 Å². The summed E-state index contributed by atoms with van der Waals surface area (Å²) in [5.41, 5.74) is 5.83. The number of carbonyl (C=O) groups is 1. The van der Waals surface area contributed by atoms with E-state index in [-0.39, 0.29) is 5.91 Å². The summed E-state index contributed by atoms with van der Waals surface area (Å²) >= 11 is 1.44. The van der Waals surface area contributed by atoms with Crippen LogP contribution in [0.3, 0.4) is 0 Å². The number of rotatable bonds is 9. The van der Waals surface area contributed by atoms with Gasteiger partial charge in [-0.2, -0.15) is 0 Å². The van der Waals surface area contributed by atoms with Gasteiger partial charge in [-0.3, -0.25) is 14.7 Å². The fourth-order valence-electron chi connectivity index (χ4n) is 2.38. The Balaban J connectivity index is 1.47. The van der Waals surface area contributed by atoms with Crippen molar-refractivity contribution in [1.82, 2.24) is 15.5 Å². The van der Waals surface area contributed by atoms with E-state index in [0.717, 1.165) is 57.1 Å². The molecule has 8 heteroatoms. The van der Waals surface area contributed by atoms with Crippen molar-refractivity contribution in [1.29, 1.82) is 0 Å². The van der Waals surface area contributed by atoms with Crippen LogP contribution in [0.5, 0.6) is 0 Å². The van der Waals surface area contributed by atoms with Crippen LogP contribution >= 0.6 is 11.3 Å². The van der Waals surface area contributed by atoms with E-state index >= 15 is 0 Å². The lowest BCUT2D eigenvalue weighted by Gasteiger charge is -2.26.